The van der Waals surface area contributed by atoms with Crippen LogP contribution in [-0.4, -0.2) is 31.7 Å². The number of hydrogen-bond donors (Lipinski definition) is 2. The van der Waals surface area contributed by atoms with Crippen LogP contribution in [0.1, 0.15) is 19.4 Å². The van der Waals surface area contributed by atoms with Gasteiger partial charge >= 0.3 is 0 Å². The third-order valence-corrected chi connectivity index (χ3v) is 4.36. The molecule has 7 heteroatoms. The number of nitrogens with zero attached hydrogens (tertiary/aromatic N) is 1. The highest BCUT2D eigenvalue weighted by Gasteiger charge is 2.24. The fraction of sp³-hybridized carbons (Fsp3) is 0.462. The molecule has 0 atom stereocenters. The number of nitrogen functional groups attached to an aromatic ring is 1. The number of benzene rings is 1. The molecule has 0 unspecified atom stereocenters. The van der Waals surface area contributed by atoms with Crippen molar-refractivity contribution in [3.8, 4) is 0 Å². The number of nitrogens with two attached hydrogens (primary N) is 2. The van der Waals surface area contributed by atoms with Crippen molar-refractivity contribution in [2.75, 3.05) is 18.8 Å². The Balaban J connectivity index is 2.95. The molecule has 0 bridgehead atoms. The number of anilines is 1. The van der Waals surface area contributed by atoms with Gasteiger partial charge in [-0.3, -0.25) is 4.79 Å². The Kier molecular flexibility index (Phi) is 5.52. The van der Waals surface area contributed by atoms with Crippen molar-refractivity contribution in [1.29, 1.82) is 0 Å². The number of carbonyl (C=O) groups excluding carboxylic acids is 1. The van der Waals surface area contributed by atoms with Crippen LogP contribution in [0.2, 0.25) is 0 Å². The minimum absolute atomic E-state index is 0.102. The Morgan fingerprint density at radius 2 is 2.00 bits per heavy atom. The molecule has 1 aromatic rings. The summed E-state index contributed by atoms with van der Waals surface area (Å²) >= 11 is 0. The van der Waals surface area contributed by atoms with Crippen LogP contribution in [0.25, 0.3) is 0 Å². The average Bonchev–Trinajstić information content (AvgIpc) is 2.26. The van der Waals surface area contributed by atoms with E-state index in [1.807, 2.05) is 13.8 Å². The maximum absolute atomic E-state index is 12.4. The zero-order valence-electron chi connectivity index (χ0n) is 11.7. The van der Waals surface area contributed by atoms with Crippen molar-refractivity contribution in [2.24, 2.45) is 11.7 Å². The lowest BCUT2D eigenvalue weighted by atomic mass is 10.2. The highest BCUT2D eigenvalue weighted by atomic mass is 32.2. The van der Waals surface area contributed by atoms with Gasteiger partial charge in [-0.25, -0.2) is 8.42 Å². The molecule has 0 saturated carbocycles. The van der Waals surface area contributed by atoms with E-state index in [4.69, 9.17) is 11.5 Å². The highest BCUT2D eigenvalue weighted by Crippen LogP contribution is 2.15. The molecular formula is C13H21N3O3S. The summed E-state index contributed by atoms with van der Waals surface area (Å²) in [6, 6.07) is 6.67. The van der Waals surface area contributed by atoms with Gasteiger partial charge in [0.25, 0.3) is 0 Å². The van der Waals surface area contributed by atoms with Gasteiger partial charge in [-0.05, 0) is 23.6 Å². The third-order valence-electron chi connectivity index (χ3n) is 2.59. The van der Waals surface area contributed by atoms with Gasteiger partial charge < -0.3 is 11.5 Å². The summed E-state index contributed by atoms with van der Waals surface area (Å²) in [5.74, 6) is -0.760. The zero-order valence-corrected chi connectivity index (χ0v) is 12.6. The maximum atomic E-state index is 12.4. The molecule has 4 N–H and O–H groups in total. The van der Waals surface area contributed by atoms with Crippen molar-refractivity contribution in [1.82, 2.24) is 4.31 Å². The van der Waals surface area contributed by atoms with Crippen molar-refractivity contribution < 1.29 is 13.2 Å². The summed E-state index contributed by atoms with van der Waals surface area (Å²) in [6.45, 7) is 3.71. The molecule has 1 rings (SSSR count). The Morgan fingerprint density at radius 3 is 2.50 bits per heavy atom. The first-order valence-corrected chi connectivity index (χ1v) is 7.92. The first-order valence-electron chi connectivity index (χ1n) is 6.31. The minimum Gasteiger partial charge on any atom is -0.399 e. The Bertz CT molecular complexity index is 570. The van der Waals surface area contributed by atoms with E-state index in [9.17, 15) is 13.2 Å². The molecule has 0 spiro atoms. The summed E-state index contributed by atoms with van der Waals surface area (Å²) < 4.78 is 25.8. The number of sulfonamides is 1. The lowest BCUT2D eigenvalue weighted by Crippen LogP contribution is -2.41. The van der Waals surface area contributed by atoms with E-state index in [1.54, 1.807) is 24.3 Å². The van der Waals surface area contributed by atoms with Gasteiger partial charge in [0.2, 0.25) is 15.9 Å². The largest absolute Gasteiger partial charge is 0.399 e. The molecule has 0 aromatic heterocycles. The first-order chi connectivity index (χ1) is 9.20. The molecule has 112 valence electrons. The monoisotopic (exact) mass is 299 g/mol. The van der Waals surface area contributed by atoms with Crippen LogP contribution < -0.4 is 11.5 Å². The molecule has 0 radical (unpaired) electrons. The molecule has 20 heavy (non-hydrogen) atoms. The van der Waals surface area contributed by atoms with E-state index in [0.29, 0.717) is 11.3 Å². The lowest BCUT2D eigenvalue weighted by molar-refractivity contribution is -0.118. The van der Waals surface area contributed by atoms with Gasteiger partial charge in [-0.2, -0.15) is 4.31 Å². The minimum atomic E-state index is -3.61. The van der Waals surface area contributed by atoms with E-state index in [2.05, 4.69) is 0 Å². The average molecular weight is 299 g/mol. The normalized spacial score (nSPS) is 12.0. The molecule has 0 aliphatic carbocycles. The molecule has 1 aromatic carbocycles. The van der Waals surface area contributed by atoms with E-state index in [1.165, 1.54) is 0 Å². The van der Waals surface area contributed by atoms with Crippen molar-refractivity contribution in [2.45, 2.75) is 19.6 Å². The van der Waals surface area contributed by atoms with Crippen molar-refractivity contribution in [3.63, 3.8) is 0 Å². The molecule has 6 nitrogen and oxygen atoms in total. The van der Waals surface area contributed by atoms with Gasteiger partial charge in [-0.15, -0.1) is 0 Å². The Labute approximate surface area is 119 Å². The SMILES string of the molecule is CC(C)CN(CC(N)=O)S(=O)(=O)Cc1cccc(N)c1. The van der Waals surface area contributed by atoms with Crippen LogP contribution in [0.5, 0.6) is 0 Å². The van der Waals surface area contributed by atoms with Crippen LogP contribution in [-0.2, 0) is 20.6 Å². The summed E-state index contributed by atoms with van der Waals surface area (Å²) in [4.78, 5) is 11.0. The smallest absolute Gasteiger partial charge is 0.232 e. The molecule has 0 heterocycles. The molecule has 0 aliphatic heterocycles. The number of amides is 1. The summed E-state index contributed by atoms with van der Waals surface area (Å²) in [5.41, 5.74) is 11.8. The molecule has 0 aliphatic rings. The Morgan fingerprint density at radius 1 is 1.35 bits per heavy atom. The number of carbonyl (C=O) groups is 1. The fourth-order valence-electron chi connectivity index (χ4n) is 1.84. The van der Waals surface area contributed by atoms with Crippen LogP contribution >= 0.6 is 0 Å². The topological polar surface area (TPSA) is 106 Å². The number of rotatable bonds is 7. The van der Waals surface area contributed by atoms with Gasteiger partial charge in [0, 0.05) is 12.2 Å². The molecule has 0 saturated heterocycles. The van der Waals surface area contributed by atoms with Crippen LogP contribution in [0.4, 0.5) is 5.69 Å². The van der Waals surface area contributed by atoms with Gasteiger partial charge in [0.05, 0.1) is 12.3 Å². The Hall–Kier alpha value is -1.60. The van der Waals surface area contributed by atoms with Gasteiger partial charge in [0.15, 0.2) is 0 Å². The van der Waals surface area contributed by atoms with Gasteiger partial charge in [0.1, 0.15) is 0 Å². The third kappa shape index (κ3) is 5.18. The predicted molar refractivity (Wildman–Crippen MR) is 79.1 cm³/mol. The molecule has 0 fully saturated rings. The fourth-order valence-corrected chi connectivity index (χ4v) is 3.47. The highest BCUT2D eigenvalue weighted by molar-refractivity contribution is 7.88. The standard InChI is InChI=1S/C13H21N3O3S/c1-10(2)7-16(8-13(15)17)20(18,19)9-11-4-3-5-12(14)6-11/h3-6,10H,7-9,14H2,1-2H3,(H2,15,17). The number of primary amides is 1. The summed E-state index contributed by atoms with van der Waals surface area (Å²) in [5, 5.41) is 0. The number of hydrogen-bond acceptors (Lipinski definition) is 4. The van der Waals surface area contributed by atoms with Gasteiger partial charge in [-0.1, -0.05) is 26.0 Å². The van der Waals surface area contributed by atoms with E-state index >= 15 is 0 Å². The molecular weight excluding hydrogens is 278 g/mol. The quantitative estimate of drug-likeness (QED) is 0.717. The van der Waals surface area contributed by atoms with E-state index < -0.39 is 15.9 Å². The molecule has 1 amide bonds. The van der Waals surface area contributed by atoms with E-state index in [0.717, 1.165) is 4.31 Å². The second kappa shape index (κ2) is 6.71. The van der Waals surface area contributed by atoms with Crippen LogP contribution in [0.15, 0.2) is 24.3 Å². The van der Waals surface area contributed by atoms with Crippen molar-refractivity contribution >= 4 is 21.6 Å². The maximum Gasteiger partial charge on any atom is 0.232 e. The second-order valence-electron chi connectivity index (χ2n) is 5.15. The van der Waals surface area contributed by atoms with Crippen molar-refractivity contribution in [3.05, 3.63) is 29.8 Å². The van der Waals surface area contributed by atoms with E-state index in [-0.39, 0.29) is 24.8 Å². The summed E-state index contributed by atoms with van der Waals surface area (Å²) in [7, 11) is -3.61. The van der Waals surface area contributed by atoms with Crippen LogP contribution in [0, 0.1) is 5.92 Å². The zero-order chi connectivity index (χ0) is 15.3. The van der Waals surface area contributed by atoms with Crippen LogP contribution in [0.3, 0.4) is 0 Å². The lowest BCUT2D eigenvalue weighted by Gasteiger charge is -2.22. The predicted octanol–water partition coefficient (Wildman–Crippen LogP) is 0.542. The second-order valence-corrected chi connectivity index (χ2v) is 7.12. The first kappa shape index (κ1) is 16.5. The summed E-state index contributed by atoms with van der Waals surface area (Å²) in [6.07, 6.45) is 0.